The van der Waals surface area contributed by atoms with Gasteiger partial charge in [0, 0.05) is 26.7 Å². The van der Waals surface area contributed by atoms with Crippen molar-refractivity contribution in [1.82, 2.24) is 14.8 Å². The molecule has 0 aliphatic heterocycles. The van der Waals surface area contributed by atoms with Crippen LogP contribution in [0.2, 0.25) is 10.0 Å². The minimum absolute atomic E-state index is 0.442. The predicted molar refractivity (Wildman–Crippen MR) is 156 cm³/mol. The lowest BCUT2D eigenvalue weighted by atomic mass is 9.92. The number of ether oxygens (including phenoxy) is 1. The molecule has 6 aromatic rings. The SMILES string of the molecule is COc1ccc(-c2nc3c(c(-c4ccc(Cl)cc4)nn3-c3ccccc3)c(-c3ccc(Cl)cc3)c2C#N)cc1. The first-order valence-electron chi connectivity index (χ1n) is 12.2. The maximum Gasteiger partial charge on any atom is 0.164 e. The van der Waals surface area contributed by atoms with Crippen molar-refractivity contribution in [3.05, 3.63) is 119 Å². The van der Waals surface area contributed by atoms with Gasteiger partial charge in [0.2, 0.25) is 0 Å². The van der Waals surface area contributed by atoms with Crippen LogP contribution < -0.4 is 4.74 Å². The summed E-state index contributed by atoms with van der Waals surface area (Å²) in [6.07, 6.45) is 0. The monoisotopic (exact) mass is 546 g/mol. The molecule has 0 amide bonds. The summed E-state index contributed by atoms with van der Waals surface area (Å²) in [6, 6.07) is 34.8. The minimum atomic E-state index is 0.442. The second kappa shape index (κ2) is 10.3. The molecule has 0 atom stereocenters. The lowest BCUT2D eigenvalue weighted by molar-refractivity contribution is 0.415. The van der Waals surface area contributed by atoms with Gasteiger partial charge in [0.05, 0.1) is 29.4 Å². The van der Waals surface area contributed by atoms with Crippen LogP contribution in [-0.4, -0.2) is 21.9 Å². The third-order valence-electron chi connectivity index (χ3n) is 6.54. The fourth-order valence-corrected chi connectivity index (χ4v) is 4.93. The summed E-state index contributed by atoms with van der Waals surface area (Å²) in [5.74, 6) is 0.718. The Kier molecular flexibility index (Phi) is 6.50. The number of halogens is 2. The van der Waals surface area contributed by atoms with E-state index in [1.807, 2.05) is 108 Å². The quantitative estimate of drug-likeness (QED) is 0.217. The van der Waals surface area contributed by atoms with Gasteiger partial charge in [-0.3, -0.25) is 0 Å². The van der Waals surface area contributed by atoms with Crippen LogP contribution in [0.5, 0.6) is 5.75 Å². The largest absolute Gasteiger partial charge is 0.497 e. The van der Waals surface area contributed by atoms with E-state index < -0.39 is 0 Å². The van der Waals surface area contributed by atoms with Crippen LogP contribution in [0.15, 0.2) is 103 Å². The zero-order valence-electron chi connectivity index (χ0n) is 20.8. The Morgan fingerprint density at radius 2 is 1.28 bits per heavy atom. The molecule has 2 aromatic heterocycles. The fraction of sp³-hybridized carbons (Fsp3) is 0.0312. The molecular weight excluding hydrogens is 527 g/mol. The topological polar surface area (TPSA) is 63.7 Å². The number of fused-ring (bicyclic) bond motifs is 1. The van der Waals surface area contributed by atoms with Crippen LogP contribution >= 0.6 is 23.2 Å². The summed E-state index contributed by atoms with van der Waals surface area (Å²) in [7, 11) is 1.62. The van der Waals surface area contributed by atoms with E-state index in [0.29, 0.717) is 32.6 Å². The molecule has 0 fully saturated rings. The Bertz CT molecular complexity index is 1840. The van der Waals surface area contributed by atoms with Gasteiger partial charge in [-0.2, -0.15) is 10.4 Å². The van der Waals surface area contributed by atoms with Crippen LogP contribution in [0.3, 0.4) is 0 Å². The first-order valence-corrected chi connectivity index (χ1v) is 12.9. The van der Waals surface area contributed by atoms with Gasteiger partial charge in [-0.15, -0.1) is 0 Å². The molecule has 7 heteroatoms. The maximum absolute atomic E-state index is 10.6. The van der Waals surface area contributed by atoms with Gasteiger partial charge >= 0.3 is 0 Å². The molecule has 6 rings (SSSR count). The Balaban J connectivity index is 1.78. The van der Waals surface area contributed by atoms with Crippen molar-refractivity contribution in [2.24, 2.45) is 0 Å². The Morgan fingerprint density at radius 3 is 1.87 bits per heavy atom. The molecule has 0 saturated carbocycles. The van der Waals surface area contributed by atoms with E-state index >= 15 is 0 Å². The lowest BCUT2D eigenvalue weighted by Gasteiger charge is -2.14. The van der Waals surface area contributed by atoms with Crippen molar-refractivity contribution in [2.75, 3.05) is 7.11 Å². The summed E-state index contributed by atoms with van der Waals surface area (Å²) in [6.45, 7) is 0. The van der Waals surface area contributed by atoms with Crippen LogP contribution in [0.25, 0.3) is 50.4 Å². The summed E-state index contributed by atoms with van der Waals surface area (Å²) >= 11 is 12.5. The summed E-state index contributed by atoms with van der Waals surface area (Å²) < 4.78 is 7.18. The number of nitriles is 1. The molecule has 5 nitrogen and oxygen atoms in total. The molecule has 0 N–H and O–H groups in total. The van der Waals surface area contributed by atoms with E-state index in [9.17, 15) is 5.26 Å². The van der Waals surface area contributed by atoms with Gasteiger partial charge in [-0.25, -0.2) is 9.67 Å². The number of para-hydroxylation sites is 1. The van der Waals surface area contributed by atoms with E-state index in [-0.39, 0.29) is 0 Å². The summed E-state index contributed by atoms with van der Waals surface area (Å²) in [5, 5.41) is 17.6. The molecule has 0 aliphatic carbocycles. The Labute approximate surface area is 235 Å². The highest BCUT2D eigenvalue weighted by molar-refractivity contribution is 6.31. The van der Waals surface area contributed by atoms with Crippen molar-refractivity contribution in [3.8, 4) is 51.1 Å². The smallest absolute Gasteiger partial charge is 0.164 e. The number of rotatable bonds is 5. The van der Waals surface area contributed by atoms with Gasteiger partial charge in [-0.05, 0) is 66.2 Å². The highest BCUT2D eigenvalue weighted by Gasteiger charge is 2.25. The molecule has 0 bridgehead atoms. The normalized spacial score (nSPS) is 10.9. The second-order valence-electron chi connectivity index (χ2n) is 8.86. The standard InChI is InChI=1S/C32H20Cl2N4O/c1-39-26-17-11-21(12-18-26)30-27(19-35)28(20-7-13-23(33)14-8-20)29-31(22-9-15-24(34)16-10-22)37-38(32(29)36-30)25-5-3-2-4-6-25/h2-18H,1H3. The maximum atomic E-state index is 10.6. The first-order chi connectivity index (χ1) is 19.1. The molecular formula is C32H20Cl2N4O. The van der Waals surface area contributed by atoms with Crippen molar-refractivity contribution >= 4 is 34.2 Å². The summed E-state index contributed by atoms with van der Waals surface area (Å²) in [5.41, 5.74) is 6.38. The van der Waals surface area contributed by atoms with Crippen LogP contribution in [-0.2, 0) is 0 Å². The predicted octanol–water partition coefficient (Wildman–Crippen LogP) is 8.61. The molecule has 0 aliphatic rings. The van der Waals surface area contributed by atoms with Crippen molar-refractivity contribution in [1.29, 1.82) is 5.26 Å². The van der Waals surface area contributed by atoms with Gasteiger partial charge < -0.3 is 4.74 Å². The Hall–Kier alpha value is -4.63. The first kappa shape index (κ1) is 24.7. The van der Waals surface area contributed by atoms with E-state index in [0.717, 1.165) is 39.1 Å². The molecule has 4 aromatic carbocycles. The number of hydrogen-bond acceptors (Lipinski definition) is 4. The zero-order valence-corrected chi connectivity index (χ0v) is 22.3. The molecule has 0 spiro atoms. The van der Waals surface area contributed by atoms with Crippen LogP contribution in [0.4, 0.5) is 0 Å². The second-order valence-corrected chi connectivity index (χ2v) is 9.73. The van der Waals surface area contributed by atoms with Gasteiger partial charge in [0.25, 0.3) is 0 Å². The lowest BCUT2D eigenvalue weighted by Crippen LogP contribution is -2.01. The zero-order chi connectivity index (χ0) is 26.9. The number of hydrogen-bond donors (Lipinski definition) is 0. The number of pyridine rings is 1. The van der Waals surface area contributed by atoms with Crippen molar-refractivity contribution in [3.63, 3.8) is 0 Å². The molecule has 39 heavy (non-hydrogen) atoms. The molecule has 0 radical (unpaired) electrons. The van der Waals surface area contributed by atoms with E-state index in [4.69, 9.17) is 38.0 Å². The summed E-state index contributed by atoms with van der Waals surface area (Å²) in [4.78, 5) is 5.10. The van der Waals surface area contributed by atoms with Gasteiger partial charge in [0.15, 0.2) is 5.65 Å². The van der Waals surface area contributed by atoms with E-state index in [1.165, 1.54) is 0 Å². The number of aromatic nitrogens is 3. The number of benzene rings is 4. The average Bonchev–Trinajstić information content (AvgIpc) is 3.37. The number of methoxy groups -OCH3 is 1. The van der Waals surface area contributed by atoms with E-state index in [1.54, 1.807) is 7.11 Å². The van der Waals surface area contributed by atoms with E-state index in [2.05, 4.69) is 6.07 Å². The molecule has 0 unspecified atom stereocenters. The number of nitrogens with zero attached hydrogens (tertiary/aromatic N) is 4. The average molecular weight is 547 g/mol. The van der Waals surface area contributed by atoms with Gasteiger partial charge in [0.1, 0.15) is 17.5 Å². The Morgan fingerprint density at radius 1 is 0.718 bits per heavy atom. The highest BCUT2D eigenvalue weighted by Crippen LogP contribution is 2.42. The van der Waals surface area contributed by atoms with Crippen LogP contribution in [0, 0.1) is 11.3 Å². The third-order valence-corrected chi connectivity index (χ3v) is 7.05. The minimum Gasteiger partial charge on any atom is -0.497 e. The van der Waals surface area contributed by atoms with Gasteiger partial charge in [-0.1, -0.05) is 65.7 Å². The molecule has 2 heterocycles. The van der Waals surface area contributed by atoms with Crippen molar-refractivity contribution < 1.29 is 4.74 Å². The third kappa shape index (κ3) is 4.51. The molecule has 0 saturated heterocycles. The van der Waals surface area contributed by atoms with Crippen LogP contribution in [0.1, 0.15) is 5.56 Å². The van der Waals surface area contributed by atoms with Crippen molar-refractivity contribution in [2.45, 2.75) is 0 Å². The highest BCUT2D eigenvalue weighted by atomic mass is 35.5. The fourth-order valence-electron chi connectivity index (χ4n) is 4.68. The molecule has 188 valence electrons.